The van der Waals surface area contributed by atoms with Crippen molar-refractivity contribution >= 4 is 22.9 Å². The van der Waals surface area contributed by atoms with Crippen molar-refractivity contribution in [2.45, 2.75) is 25.4 Å². The highest BCUT2D eigenvalue weighted by Gasteiger charge is 2.23. The zero-order valence-electron chi connectivity index (χ0n) is 11.5. The first-order valence-electron chi connectivity index (χ1n) is 6.42. The number of benzene rings is 1. The number of carboxylic acids is 1. The molecule has 1 amide bonds. The van der Waals surface area contributed by atoms with Crippen molar-refractivity contribution in [1.82, 2.24) is 14.9 Å². The maximum absolute atomic E-state index is 12.2. The van der Waals surface area contributed by atoms with Crippen LogP contribution in [-0.4, -0.2) is 32.6 Å². The van der Waals surface area contributed by atoms with Crippen LogP contribution >= 0.6 is 0 Å². The second kappa shape index (κ2) is 6.09. The molecule has 21 heavy (non-hydrogen) atoms. The van der Waals surface area contributed by atoms with Gasteiger partial charge in [-0.15, -0.1) is 12.3 Å². The molecule has 0 radical (unpaired) electrons. The van der Waals surface area contributed by atoms with Gasteiger partial charge in [0.15, 0.2) is 0 Å². The predicted octanol–water partition coefficient (Wildman–Crippen LogP) is 1.19. The van der Waals surface area contributed by atoms with E-state index in [1.54, 1.807) is 17.8 Å². The summed E-state index contributed by atoms with van der Waals surface area (Å²) in [6.07, 6.45) is 6.61. The molecule has 0 fully saturated rings. The molecule has 0 spiro atoms. The number of hydrogen-bond acceptors (Lipinski definition) is 3. The van der Waals surface area contributed by atoms with Gasteiger partial charge in [-0.2, -0.15) is 0 Å². The standard InChI is InChI=1S/C15H15N3O3/c1-3-6-12(15(20)21)17-14(19)10(2)18-9-16-11-7-4-5-8-13(11)18/h1,4-5,7-10,12H,6H2,2H3,(H,17,19)(H,20,21). The average molecular weight is 285 g/mol. The highest BCUT2D eigenvalue weighted by atomic mass is 16.4. The minimum Gasteiger partial charge on any atom is -0.480 e. The number of aromatic nitrogens is 2. The summed E-state index contributed by atoms with van der Waals surface area (Å²) in [4.78, 5) is 27.4. The molecule has 6 heteroatoms. The molecular formula is C15H15N3O3. The molecule has 0 saturated carbocycles. The fourth-order valence-corrected chi connectivity index (χ4v) is 2.02. The number of para-hydroxylation sites is 2. The van der Waals surface area contributed by atoms with Gasteiger partial charge in [-0.05, 0) is 19.1 Å². The Balaban J connectivity index is 2.19. The molecule has 2 aromatic rings. The summed E-state index contributed by atoms with van der Waals surface area (Å²) in [5.74, 6) is 0.678. The number of rotatable bonds is 5. The summed E-state index contributed by atoms with van der Waals surface area (Å²) in [6, 6.07) is 5.73. The number of nitrogens with zero attached hydrogens (tertiary/aromatic N) is 2. The maximum atomic E-state index is 12.2. The summed E-state index contributed by atoms with van der Waals surface area (Å²) < 4.78 is 1.69. The van der Waals surface area contributed by atoms with Crippen LogP contribution in [0.4, 0.5) is 0 Å². The van der Waals surface area contributed by atoms with Crippen LogP contribution in [0.25, 0.3) is 11.0 Å². The molecule has 0 bridgehead atoms. The second-order valence-electron chi connectivity index (χ2n) is 4.62. The highest BCUT2D eigenvalue weighted by Crippen LogP contribution is 2.17. The first kappa shape index (κ1) is 14.6. The van der Waals surface area contributed by atoms with Crippen molar-refractivity contribution in [2.24, 2.45) is 0 Å². The number of hydrogen-bond donors (Lipinski definition) is 2. The third kappa shape index (κ3) is 3.03. The third-order valence-electron chi connectivity index (χ3n) is 3.21. The molecule has 108 valence electrons. The van der Waals surface area contributed by atoms with E-state index < -0.39 is 24.0 Å². The van der Waals surface area contributed by atoms with Gasteiger partial charge < -0.3 is 15.0 Å². The van der Waals surface area contributed by atoms with E-state index in [9.17, 15) is 9.59 Å². The number of aliphatic carboxylic acids is 1. The average Bonchev–Trinajstić information content (AvgIpc) is 2.89. The number of imidazole rings is 1. The van der Waals surface area contributed by atoms with E-state index in [0.29, 0.717) is 0 Å². The first-order valence-corrected chi connectivity index (χ1v) is 6.42. The molecule has 0 aliphatic carbocycles. The van der Waals surface area contributed by atoms with Gasteiger partial charge in [0.2, 0.25) is 5.91 Å². The summed E-state index contributed by atoms with van der Waals surface area (Å²) in [5, 5.41) is 11.4. The molecule has 2 atom stereocenters. The predicted molar refractivity (Wildman–Crippen MR) is 77.5 cm³/mol. The number of carboxylic acid groups (broad SMARTS) is 1. The third-order valence-corrected chi connectivity index (χ3v) is 3.21. The Hall–Kier alpha value is -2.81. The van der Waals surface area contributed by atoms with Gasteiger partial charge in [0.25, 0.3) is 0 Å². The van der Waals surface area contributed by atoms with Gasteiger partial charge in [0.05, 0.1) is 17.4 Å². The molecule has 1 aromatic heterocycles. The number of carbonyl (C=O) groups is 2. The lowest BCUT2D eigenvalue weighted by Gasteiger charge is -2.17. The molecule has 2 unspecified atom stereocenters. The molecule has 0 aliphatic heterocycles. The Labute approximate surface area is 121 Å². The van der Waals surface area contributed by atoms with Gasteiger partial charge in [-0.3, -0.25) is 4.79 Å². The summed E-state index contributed by atoms with van der Waals surface area (Å²) in [5.41, 5.74) is 1.58. The van der Waals surface area contributed by atoms with Crippen molar-refractivity contribution in [3.63, 3.8) is 0 Å². The molecule has 1 aromatic carbocycles. The Morgan fingerprint density at radius 1 is 1.48 bits per heavy atom. The SMILES string of the molecule is C#CCC(NC(=O)C(C)n1cnc2ccccc21)C(=O)O. The van der Waals surface area contributed by atoms with Crippen molar-refractivity contribution in [1.29, 1.82) is 0 Å². The highest BCUT2D eigenvalue weighted by molar-refractivity contribution is 5.87. The fraction of sp³-hybridized carbons (Fsp3) is 0.267. The maximum Gasteiger partial charge on any atom is 0.327 e. The summed E-state index contributed by atoms with van der Waals surface area (Å²) in [7, 11) is 0. The molecule has 0 aliphatic rings. The van der Waals surface area contributed by atoms with Crippen LogP contribution in [0.2, 0.25) is 0 Å². The lowest BCUT2D eigenvalue weighted by Crippen LogP contribution is -2.43. The molecular weight excluding hydrogens is 270 g/mol. The van der Waals surface area contributed by atoms with Crippen LogP contribution in [-0.2, 0) is 9.59 Å². The molecule has 2 rings (SSSR count). The number of nitrogens with one attached hydrogen (secondary N) is 1. The Kier molecular flexibility index (Phi) is 4.24. The van der Waals surface area contributed by atoms with E-state index in [1.807, 2.05) is 24.3 Å². The van der Waals surface area contributed by atoms with Gasteiger partial charge in [-0.1, -0.05) is 12.1 Å². The molecule has 1 heterocycles. The van der Waals surface area contributed by atoms with Gasteiger partial charge in [0, 0.05) is 6.42 Å². The topological polar surface area (TPSA) is 84.2 Å². The minimum atomic E-state index is -1.15. The van der Waals surface area contributed by atoms with Gasteiger partial charge >= 0.3 is 5.97 Å². The van der Waals surface area contributed by atoms with Gasteiger partial charge in [-0.25, -0.2) is 9.78 Å². The van der Waals surface area contributed by atoms with Crippen LogP contribution in [0.5, 0.6) is 0 Å². The normalized spacial score (nSPS) is 13.3. The molecule has 2 N–H and O–H groups in total. The summed E-state index contributed by atoms with van der Waals surface area (Å²) >= 11 is 0. The van der Waals surface area contributed by atoms with E-state index in [0.717, 1.165) is 11.0 Å². The van der Waals surface area contributed by atoms with Gasteiger partial charge in [0.1, 0.15) is 12.1 Å². The van der Waals surface area contributed by atoms with Crippen LogP contribution in [0.1, 0.15) is 19.4 Å². The smallest absolute Gasteiger partial charge is 0.327 e. The van der Waals surface area contributed by atoms with Crippen LogP contribution in [0.15, 0.2) is 30.6 Å². The number of terminal acetylenes is 1. The van der Waals surface area contributed by atoms with E-state index >= 15 is 0 Å². The lowest BCUT2D eigenvalue weighted by atomic mass is 10.2. The molecule has 0 saturated heterocycles. The lowest BCUT2D eigenvalue weighted by molar-refractivity contribution is -0.142. The monoisotopic (exact) mass is 285 g/mol. The van der Waals surface area contributed by atoms with Crippen molar-refractivity contribution in [2.75, 3.05) is 0 Å². The first-order chi connectivity index (χ1) is 10.0. The zero-order valence-corrected chi connectivity index (χ0v) is 11.5. The van der Waals surface area contributed by atoms with E-state index in [-0.39, 0.29) is 6.42 Å². The van der Waals surface area contributed by atoms with E-state index in [4.69, 9.17) is 11.5 Å². The van der Waals surface area contributed by atoms with Crippen LogP contribution in [0.3, 0.4) is 0 Å². The summed E-state index contributed by atoms with van der Waals surface area (Å²) in [6.45, 7) is 1.68. The van der Waals surface area contributed by atoms with Crippen molar-refractivity contribution < 1.29 is 14.7 Å². The fourth-order valence-electron chi connectivity index (χ4n) is 2.02. The largest absolute Gasteiger partial charge is 0.480 e. The minimum absolute atomic E-state index is 0.0571. The Bertz CT molecular complexity index is 714. The van der Waals surface area contributed by atoms with E-state index in [2.05, 4.69) is 16.2 Å². The van der Waals surface area contributed by atoms with Crippen LogP contribution in [0, 0.1) is 12.3 Å². The number of carbonyl (C=O) groups excluding carboxylic acids is 1. The quantitative estimate of drug-likeness (QED) is 0.808. The Morgan fingerprint density at radius 3 is 2.86 bits per heavy atom. The number of amides is 1. The zero-order chi connectivity index (χ0) is 15.4. The van der Waals surface area contributed by atoms with Crippen molar-refractivity contribution in [3.8, 4) is 12.3 Å². The number of fused-ring (bicyclic) bond motifs is 1. The Morgan fingerprint density at radius 2 is 2.19 bits per heavy atom. The van der Waals surface area contributed by atoms with Crippen LogP contribution < -0.4 is 5.32 Å². The van der Waals surface area contributed by atoms with E-state index in [1.165, 1.54) is 0 Å². The second-order valence-corrected chi connectivity index (χ2v) is 4.62. The molecule has 6 nitrogen and oxygen atoms in total. The van der Waals surface area contributed by atoms with Crippen molar-refractivity contribution in [3.05, 3.63) is 30.6 Å².